The van der Waals surface area contributed by atoms with Crippen LogP contribution in [-0.4, -0.2) is 17.2 Å². The number of benzene rings is 1. The van der Waals surface area contributed by atoms with Crippen LogP contribution in [0.25, 0.3) is 10.8 Å². The molecule has 0 amide bonds. The molecule has 0 fully saturated rings. The molecule has 0 saturated carbocycles. The van der Waals surface area contributed by atoms with Gasteiger partial charge in [0.1, 0.15) is 5.75 Å². The molecule has 2 N–H and O–H groups in total. The van der Waals surface area contributed by atoms with Crippen LogP contribution in [0, 0.1) is 0 Å². The minimum atomic E-state index is 0.00782. The molecule has 0 aliphatic carbocycles. The predicted molar refractivity (Wildman–Crippen MR) is 82.3 cm³/mol. The molecule has 2 aromatic rings. The minimum Gasteiger partial charge on any atom is -0.494 e. The fourth-order valence-electron chi connectivity index (χ4n) is 2.10. The van der Waals surface area contributed by atoms with Crippen LogP contribution in [0.5, 0.6) is 5.75 Å². The molecule has 4 nitrogen and oxygen atoms in total. The lowest BCUT2D eigenvalue weighted by atomic mass is 10.1. The Morgan fingerprint density at radius 1 is 1.30 bits per heavy atom. The molecular weight excluding hydrogens is 252 g/mol. The Hall–Kier alpha value is -1.81. The van der Waals surface area contributed by atoms with Crippen molar-refractivity contribution in [3.05, 3.63) is 40.8 Å². The van der Waals surface area contributed by atoms with Gasteiger partial charge in [-0.05, 0) is 42.5 Å². The highest BCUT2D eigenvalue weighted by Gasteiger charge is 2.07. The highest BCUT2D eigenvalue weighted by Crippen LogP contribution is 2.18. The molecule has 0 aliphatic rings. The lowest BCUT2D eigenvalue weighted by Gasteiger charge is -2.12. The second-order valence-corrected chi connectivity index (χ2v) is 5.04. The van der Waals surface area contributed by atoms with Crippen molar-refractivity contribution in [2.75, 3.05) is 6.61 Å². The standard InChI is InChI=1S/C16H22N2O2/c1-3-9-20-14-5-6-15-12(10-14)7-8-18(16(15)19)11-13(17)4-2/h5-8,10,13H,3-4,9,11,17H2,1-2H3. The number of hydrogen-bond acceptors (Lipinski definition) is 3. The Morgan fingerprint density at radius 2 is 2.10 bits per heavy atom. The third-order valence-electron chi connectivity index (χ3n) is 3.38. The molecule has 1 aromatic heterocycles. The summed E-state index contributed by atoms with van der Waals surface area (Å²) in [6, 6.07) is 7.55. The number of nitrogens with two attached hydrogens (primary N) is 1. The van der Waals surface area contributed by atoms with Gasteiger partial charge < -0.3 is 15.0 Å². The van der Waals surface area contributed by atoms with E-state index in [0.29, 0.717) is 18.5 Å². The van der Waals surface area contributed by atoms with Crippen LogP contribution in [-0.2, 0) is 6.54 Å². The van der Waals surface area contributed by atoms with Crippen LogP contribution < -0.4 is 16.0 Å². The van der Waals surface area contributed by atoms with Gasteiger partial charge >= 0.3 is 0 Å². The van der Waals surface area contributed by atoms with Crippen molar-refractivity contribution in [3.63, 3.8) is 0 Å². The first kappa shape index (κ1) is 14.6. The average molecular weight is 274 g/mol. The number of hydrogen-bond donors (Lipinski definition) is 1. The lowest BCUT2D eigenvalue weighted by Crippen LogP contribution is -2.31. The van der Waals surface area contributed by atoms with Crippen molar-refractivity contribution in [2.24, 2.45) is 5.73 Å². The summed E-state index contributed by atoms with van der Waals surface area (Å²) in [7, 11) is 0. The van der Waals surface area contributed by atoms with Crippen LogP contribution >= 0.6 is 0 Å². The van der Waals surface area contributed by atoms with E-state index < -0.39 is 0 Å². The van der Waals surface area contributed by atoms with Crippen LogP contribution in [0.2, 0.25) is 0 Å². The monoisotopic (exact) mass is 274 g/mol. The van der Waals surface area contributed by atoms with Crippen molar-refractivity contribution in [1.82, 2.24) is 4.57 Å². The van der Waals surface area contributed by atoms with E-state index in [4.69, 9.17) is 10.5 Å². The molecule has 0 bridgehead atoms. The van der Waals surface area contributed by atoms with Gasteiger partial charge in [-0.25, -0.2) is 0 Å². The summed E-state index contributed by atoms with van der Waals surface area (Å²) in [6.07, 6.45) is 3.63. The topological polar surface area (TPSA) is 57.2 Å². The molecule has 0 saturated heterocycles. The number of fused-ring (bicyclic) bond motifs is 1. The Morgan fingerprint density at radius 3 is 2.80 bits per heavy atom. The van der Waals surface area contributed by atoms with E-state index in [-0.39, 0.29) is 11.6 Å². The summed E-state index contributed by atoms with van der Waals surface area (Å²) in [4.78, 5) is 12.4. The number of pyridine rings is 1. The maximum Gasteiger partial charge on any atom is 0.258 e. The smallest absolute Gasteiger partial charge is 0.258 e. The second kappa shape index (κ2) is 6.57. The SMILES string of the molecule is CCCOc1ccc2c(=O)n(CC(N)CC)ccc2c1. The summed E-state index contributed by atoms with van der Waals surface area (Å²) in [5, 5.41) is 1.62. The van der Waals surface area contributed by atoms with E-state index >= 15 is 0 Å². The van der Waals surface area contributed by atoms with E-state index in [9.17, 15) is 4.79 Å². The molecule has 1 aromatic carbocycles. The zero-order valence-electron chi connectivity index (χ0n) is 12.1. The van der Waals surface area contributed by atoms with Gasteiger partial charge in [-0.3, -0.25) is 4.79 Å². The summed E-state index contributed by atoms with van der Waals surface area (Å²) in [6.45, 7) is 5.33. The molecule has 1 unspecified atom stereocenters. The van der Waals surface area contributed by atoms with Crippen molar-refractivity contribution in [2.45, 2.75) is 39.3 Å². The minimum absolute atomic E-state index is 0.00782. The number of aromatic nitrogens is 1. The van der Waals surface area contributed by atoms with Crippen LogP contribution in [0.4, 0.5) is 0 Å². The van der Waals surface area contributed by atoms with E-state index in [2.05, 4.69) is 6.92 Å². The molecule has 1 atom stereocenters. The van der Waals surface area contributed by atoms with E-state index in [1.165, 1.54) is 0 Å². The molecule has 20 heavy (non-hydrogen) atoms. The van der Waals surface area contributed by atoms with Crippen molar-refractivity contribution in [1.29, 1.82) is 0 Å². The van der Waals surface area contributed by atoms with Crippen LogP contribution in [0.15, 0.2) is 35.3 Å². The predicted octanol–water partition coefficient (Wildman–Crippen LogP) is 2.53. The fraction of sp³-hybridized carbons (Fsp3) is 0.438. The van der Waals surface area contributed by atoms with Gasteiger partial charge in [-0.15, -0.1) is 0 Å². The first-order valence-electron chi connectivity index (χ1n) is 7.17. The molecular formula is C16H22N2O2. The molecule has 2 rings (SSSR count). The maximum absolute atomic E-state index is 12.4. The summed E-state index contributed by atoms with van der Waals surface area (Å²) < 4.78 is 7.27. The van der Waals surface area contributed by atoms with Crippen LogP contribution in [0.1, 0.15) is 26.7 Å². The molecule has 108 valence electrons. The normalized spacial score (nSPS) is 12.6. The Kier molecular flexibility index (Phi) is 4.79. The van der Waals surface area contributed by atoms with Crippen LogP contribution in [0.3, 0.4) is 0 Å². The van der Waals surface area contributed by atoms with Gasteiger partial charge in [0, 0.05) is 24.2 Å². The molecule has 1 heterocycles. The molecule has 0 aliphatic heterocycles. The number of rotatable bonds is 6. The number of ether oxygens (including phenoxy) is 1. The van der Waals surface area contributed by atoms with Gasteiger partial charge in [0.25, 0.3) is 5.56 Å². The highest BCUT2D eigenvalue weighted by atomic mass is 16.5. The Balaban J connectivity index is 2.34. The Bertz CT molecular complexity index is 634. The Labute approximate surface area is 119 Å². The molecule has 0 spiro atoms. The first-order chi connectivity index (χ1) is 9.65. The largest absolute Gasteiger partial charge is 0.494 e. The van der Waals surface area contributed by atoms with Gasteiger partial charge in [0.2, 0.25) is 0 Å². The molecule has 0 radical (unpaired) electrons. The zero-order valence-corrected chi connectivity index (χ0v) is 12.1. The summed E-state index contributed by atoms with van der Waals surface area (Å²) in [5.41, 5.74) is 5.93. The lowest BCUT2D eigenvalue weighted by molar-refractivity contribution is 0.318. The van der Waals surface area contributed by atoms with Gasteiger partial charge in [0.05, 0.1) is 6.61 Å². The first-order valence-corrected chi connectivity index (χ1v) is 7.17. The van der Waals surface area contributed by atoms with Crippen molar-refractivity contribution in [3.8, 4) is 5.75 Å². The van der Waals surface area contributed by atoms with E-state index in [1.54, 1.807) is 4.57 Å². The molecule has 4 heteroatoms. The highest BCUT2D eigenvalue weighted by molar-refractivity contribution is 5.82. The van der Waals surface area contributed by atoms with E-state index in [1.807, 2.05) is 37.4 Å². The third-order valence-corrected chi connectivity index (χ3v) is 3.38. The summed E-state index contributed by atoms with van der Waals surface area (Å²) >= 11 is 0. The zero-order chi connectivity index (χ0) is 14.5. The van der Waals surface area contributed by atoms with Gasteiger partial charge in [-0.2, -0.15) is 0 Å². The van der Waals surface area contributed by atoms with E-state index in [0.717, 1.165) is 24.0 Å². The average Bonchev–Trinajstić information content (AvgIpc) is 2.47. The second-order valence-electron chi connectivity index (χ2n) is 5.04. The third kappa shape index (κ3) is 3.20. The maximum atomic E-state index is 12.4. The summed E-state index contributed by atoms with van der Waals surface area (Å²) in [5.74, 6) is 0.807. The number of nitrogens with zero attached hydrogens (tertiary/aromatic N) is 1. The van der Waals surface area contributed by atoms with Gasteiger partial charge in [0.15, 0.2) is 0 Å². The van der Waals surface area contributed by atoms with Crippen molar-refractivity contribution < 1.29 is 4.74 Å². The van der Waals surface area contributed by atoms with Gasteiger partial charge in [-0.1, -0.05) is 13.8 Å². The quantitative estimate of drug-likeness (QED) is 0.880. The van der Waals surface area contributed by atoms with Crippen molar-refractivity contribution >= 4 is 10.8 Å². The fourth-order valence-corrected chi connectivity index (χ4v) is 2.10.